The van der Waals surface area contributed by atoms with Crippen molar-refractivity contribution in [2.75, 3.05) is 19.6 Å². The highest BCUT2D eigenvalue weighted by atomic mass is 32.2. The summed E-state index contributed by atoms with van der Waals surface area (Å²) < 4.78 is 71.3. The highest BCUT2D eigenvalue weighted by molar-refractivity contribution is 7.89. The molecule has 1 atom stereocenters. The van der Waals surface area contributed by atoms with Crippen LogP contribution in [0.1, 0.15) is 17.0 Å². The molecule has 2 heterocycles. The van der Waals surface area contributed by atoms with Crippen LogP contribution in [0.5, 0.6) is 0 Å². The Hall–Kier alpha value is -4.17. The van der Waals surface area contributed by atoms with Crippen LogP contribution in [0, 0.1) is 19.7 Å². The van der Waals surface area contributed by atoms with E-state index < -0.39 is 38.5 Å². The molecule has 0 spiro atoms. The summed E-state index contributed by atoms with van der Waals surface area (Å²) in [5.41, 5.74) is 5.48. The number of benzene rings is 3. The molecule has 0 radical (unpaired) electrons. The van der Waals surface area contributed by atoms with E-state index >= 15 is 0 Å². The molecule has 0 aliphatic carbocycles. The number of hydrogen-bond acceptors (Lipinski definition) is 6. The van der Waals surface area contributed by atoms with Gasteiger partial charge < -0.3 is 4.57 Å². The number of sulfonamides is 2. The summed E-state index contributed by atoms with van der Waals surface area (Å²) in [4.78, 5) is 13.5. The van der Waals surface area contributed by atoms with Gasteiger partial charge in [-0.3, -0.25) is 4.79 Å². The zero-order valence-electron chi connectivity index (χ0n) is 23.5. The van der Waals surface area contributed by atoms with E-state index in [2.05, 4.69) is 10.5 Å². The van der Waals surface area contributed by atoms with E-state index in [1.165, 1.54) is 42.6 Å². The second kappa shape index (κ2) is 12.2. The van der Waals surface area contributed by atoms with Crippen LogP contribution in [0.3, 0.4) is 0 Å². The van der Waals surface area contributed by atoms with Crippen molar-refractivity contribution in [1.82, 2.24) is 18.6 Å². The molecule has 224 valence electrons. The number of halogens is 1. The minimum atomic E-state index is -4.14. The van der Waals surface area contributed by atoms with Crippen molar-refractivity contribution in [1.29, 1.82) is 0 Å². The quantitative estimate of drug-likeness (QED) is 0.238. The first kappa shape index (κ1) is 30.3. The Kier molecular flexibility index (Phi) is 8.60. The molecule has 43 heavy (non-hydrogen) atoms. The zero-order chi connectivity index (χ0) is 30.8. The molecule has 0 unspecified atom stereocenters. The highest BCUT2D eigenvalue weighted by Gasteiger charge is 2.43. The Morgan fingerprint density at radius 2 is 1.44 bits per heavy atom. The predicted octanol–water partition coefficient (Wildman–Crippen LogP) is 3.45. The summed E-state index contributed by atoms with van der Waals surface area (Å²) in [5.74, 6) is -1.13. The molecule has 10 nitrogen and oxygen atoms in total. The first-order valence-electron chi connectivity index (χ1n) is 13.4. The molecule has 0 saturated carbocycles. The molecule has 5 rings (SSSR count). The largest absolute Gasteiger partial charge is 0.318 e. The number of piperazine rings is 1. The van der Waals surface area contributed by atoms with Crippen LogP contribution in [-0.4, -0.2) is 67.8 Å². The number of nitrogens with one attached hydrogen (secondary N) is 1. The Morgan fingerprint density at radius 3 is 2.05 bits per heavy atom. The number of nitrogens with zero attached hydrogens (tertiary/aromatic N) is 4. The third kappa shape index (κ3) is 6.15. The molecular formula is C30H30FN5O5S2. The van der Waals surface area contributed by atoms with Gasteiger partial charge in [-0.1, -0.05) is 36.4 Å². The highest BCUT2D eigenvalue weighted by Crippen LogP contribution is 2.26. The third-order valence-electron chi connectivity index (χ3n) is 7.26. The molecule has 4 aromatic rings. The van der Waals surface area contributed by atoms with E-state index in [0.29, 0.717) is 5.56 Å². The molecule has 1 N–H and O–H groups in total. The number of amides is 1. The van der Waals surface area contributed by atoms with E-state index in [0.717, 1.165) is 25.7 Å². The van der Waals surface area contributed by atoms with Gasteiger partial charge in [-0.05, 0) is 68.4 Å². The molecule has 1 aromatic heterocycles. The lowest BCUT2D eigenvalue weighted by atomic mass is 10.2. The summed E-state index contributed by atoms with van der Waals surface area (Å²) in [6.07, 6.45) is 1.43. The third-order valence-corrected chi connectivity index (χ3v) is 11.1. The van der Waals surface area contributed by atoms with Crippen LogP contribution >= 0.6 is 0 Å². The van der Waals surface area contributed by atoms with Gasteiger partial charge in [-0.2, -0.15) is 13.7 Å². The minimum Gasteiger partial charge on any atom is -0.318 e. The van der Waals surface area contributed by atoms with Gasteiger partial charge in [0, 0.05) is 42.3 Å². The first-order valence-corrected chi connectivity index (χ1v) is 16.3. The van der Waals surface area contributed by atoms with Crippen LogP contribution in [0.25, 0.3) is 5.69 Å². The molecule has 1 aliphatic rings. The van der Waals surface area contributed by atoms with Crippen LogP contribution in [0.2, 0.25) is 0 Å². The lowest BCUT2D eigenvalue weighted by Crippen LogP contribution is -2.60. The van der Waals surface area contributed by atoms with Gasteiger partial charge in [0.2, 0.25) is 20.0 Å². The number of hydrogen-bond donors (Lipinski definition) is 1. The van der Waals surface area contributed by atoms with Crippen molar-refractivity contribution >= 4 is 32.2 Å². The monoisotopic (exact) mass is 623 g/mol. The van der Waals surface area contributed by atoms with Crippen molar-refractivity contribution in [3.05, 3.63) is 114 Å². The van der Waals surface area contributed by atoms with E-state index in [9.17, 15) is 26.0 Å². The van der Waals surface area contributed by atoms with Crippen LogP contribution in [0.4, 0.5) is 4.39 Å². The Bertz CT molecular complexity index is 1860. The van der Waals surface area contributed by atoms with Gasteiger partial charge >= 0.3 is 0 Å². The van der Waals surface area contributed by atoms with Gasteiger partial charge in [-0.25, -0.2) is 26.7 Å². The average Bonchev–Trinajstić information content (AvgIpc) is 3.30. The maximum atomic E-state index is 13.6. The van der Waals surface area contributed by atoms with E-state index in [1.807, 2.05) is 24.5 Å². The standard InChI is InChI=1S/C30H30FN5O5S2/c1-22-19-24(23(2)36(22)26-15-13-25(31)14-16-26)20-32-33-30(37)29-21-34(42(38,39)27-9-5-3-6-10-27)17-18-35(29)43(40,41)28-11-7-4-8-12-28/h3-16,19-20,29H,17-18,21H2,1-2H3,(H,33,37)/b32-20-/t29-/m1/s1. The number of carbonyl (C=O) groups is 1. The molecule has 13 heteroatoms. The molecule has 1 aliphatic heterocycles. The Morgan fingerprint density at radius 1 is 0.860 bits per heavy atom. The molecular weight excluding hydrogens is 593 g/mol. The molecule has 3 aromatic carbocycles. The van der Waals surface area contributed by atoms with Crippen molar-refractivity contribution < 1.29 is 26.0 Å². The topological polar surface area (TPSA) is 121 Å². The second-order valence-electron chi connectivity index (χ2n) is 9.99. The summed E-state index contributed by atoms with van der Waals surface area (Å²) in [5, 5.41) is 4.09. The summed E-state index contributed by atoms with van der Waals surface area (Å²) in [6.45, 7) is 2.96. The molecule has 0 bridgehead atoms. The van der Waals surface area contributed by atoms with Crippen molar-refractivity contribution in [2.45, 2.75) is 29.7 Å². The molecule has 1 amide bonds. The van der Waals surface area contributed by atoms with Gasteiger partial charge in [-0.15, -0.1) is 0 Å². The van der Waals surface area contributed by atoms with E-state index in [4.69, 9.17) is 0 Å². The minimum absolute atomic E-state index is 0.0103. The zero-order valence-corrected chi connectivity index (χ0v) is 25.1. The number of rotatable bonds is 8. The maximum absolute atomic E-state index is 13.6. The van der Waals surface area contributed by atoms with Gasteiger partial charge in [0.15, 0.2) is 0 Å². The van der Waals surface area contributed by atoms with Crippen LogP contribution < -0.4 is 5.43 Å². The molecule has 1 fully saturated rings. The first-order chi connectivity index (χ1) is 20.5. The summed E-state index contributed by atoms with van der Waals surface area (Å²) >= 11 is 0. The van der Waals surface area contributed by atoms with Crippen molar-refractivity contribution in [2.24, 2.45) is 5.10 Å². The fourth-order valence-corrected chi connectivity index (χ4v) is 8.13. The number of hydrazone groups is 1. The Labute approximate surface area is 250 Å². The lowest BCUT2D eigenvalue weighted by molar-refractivity contribution is -0.125. The van der Waals surface area contributed by atoms with Gasteiger partial charge in [0.25, 0.3) is 5.91 Å². The van der Waals surface area contributed by atoms with Crippen LogP contribution in [0.15, 0.2) is 106 Å². The second-order valence-corrected chi connectivity index (χ2v) is 13.8. The number of aryl methyl sites for hydroxylation is 1. The normalized spacial score (nSPS) is 16.9. The number of carbonyl (C=O) groups excluding carboxylic acids is 1. The van der Waals surface area contributed by atoms with E-state index in [-0.39, 0.29) is 28.7 Å². The summed E-state index contributed by atoms with van der Waals surface area (Å²) in [7, 11) is -8.14. The fourth-order valence-electron chi connectivity index (χ4n) is 5.08. The van der Waals surface area contributed by atoms with Gasteiger partial charge in [0.05, 0.1) is 16.0 Å². The lowest BCUT2D eigenvalue weighted by Gasteiger charge is -2.38. The fraction of sp³-hybridized carbons (Fsp3) is 0.200. The van der Waals surface area contributed by atoms with Crippen molar-refractivity contribution in [3.63, 3.8) is 0 Å². The average molecular weight is 624 g/mol. The maximum Gasteiger partial charge on any atom is 0.259 e. The van der Waals surface area contributed by atoms with Crippen molar-refractivity contribution in [3.8, 4) is 5.69 Å². The predicted molar refractivity (Wildman–Crippen MR) is 160 cm³/mol. The SMILES string of the molecule is Cc1cc(/C=N\NC(=O)[C@H]2CN(S(=O)(=O)c3ccccc3)CCN2S(=O)(=O)c2ccccc2)c(C)n1-c1ccc(F)cc1. The smallest absolute Gasteiger partial charge is 0.259 e. The summed E-state index contributed by atoms with van der Waals surface area (Å²) in [6, 6.07) is 21.9. The van der Waals surface area contributed by atoms with E-state index in [1.54, 1.807) is 48.5 Å². The van der Waals surface area contributed by atoms with Gasteiger partial charge in [0.1, 0.15) is 11.9 Å². The Balaban J connectivity index is 1.41. The van der Waals surface area contributed by atoms with Crippen LogP contribution in [-0.2, 0) is 24.8 Å². The number of aromatic nitrogens is 1. The molecule has 1 saturated heterocycles.